The Morgan fingerprint density at radius 2 is 1.06 bits per heavy atom. The number of carboxylic acid groups (broad SMARTS) is 1. The Hall–Kier alpha value is -3.34. The van der Waals surface area contributed by atoms with E-state index in [1.54, 1.807) is 0 Å². The van der Waals surface area contributed by atoms with Gasteiger partial charge in [-0.2, -0.15) is 0 Å². The predicted molar refractivity (Wildman–Crippen MR) is 99.8 cm³/mol. The second-order valence-corrected chi connectivity index (χ2v) is 5.88. The summed E-state index contributed by atoms with van der Waals surface area (Å²) in [7, 11) is 0. The summed E-state index contributed by atoms with van der Waals surface area (Å²) >= 11 is 0. The van der Waals surface area contributed by atoms with Gasteiger partial charge in [0.1, 0.15) is 24.7 Å². The molecule has 3 atom stereocenters. The van der Waals surface area contributed by atoms with Gasteiger partial charge in [-0.15, -0.1) is 0 Å². The lowest BCUT2D eigenvalue weighted by Gasteiger charge is -2.21. The van der Waals surface area contributed by atoms with Crippen LogP contribution in [-0.2, 0) is 28.8 Å². The number of rotatable bonds is 14. The van der Waals surface area contributed by atoms with E-state index >= 15 is 0 Å². The molecule has 31 heavy (non-hydrogen) atoms. The van der Waals surface area contributed by atoms with Crippen molar-refractivity contribution in [3.05, 3.63) is 0 Å². The smallest absolute Gasteiger partial charge is 0.322 e. The molecule has 0 saturated heterocycles. The van der Waals surface area contributed by atoms with Crippen LogP contribution in [0.15, 0.2) is 0 Å². The predicted octanol–water partition coefficient (Wildman–Crippen LogP) is -7.31. The van der Waals surface area contributed by atoms with Crippen molar-refractivity contribution in [3.63, 3.8) is 0 Å². The minimum absolute atomic E-state index is 0.452. The third kappa shape index (κ3) is 10.8. The Bertz CT molecular complexity index is 673. The van der Waals surface area contributed by atoms with Gasteiger partial charge in [-0.3, -0.25) is 28.8 Å². The zero-order chi connectivity index (χ0) is 24.0. The lowest BCUT2D eigenvalue weighted by molar-refractivity contribution is -0.138. The van der Waals surface area contributed by atoms with Gasteiger partial charge in [0.25, 0.3) is 0 Å². The van der Waals surface area contributed by atoms with Crippen LogP contribution in [0.2, 0.25) is 0 Å². The average molecular weight is 450 g/mol. The molecule has 5 amide bonds. The minimum atomic E-state index is -1.54. The van der Waals surface area contributed by atoms with Gasteiger partial charge in [0.05, 0.1) is 32.9 Å². The molecule has 0 bridgehead atoms. The fraction of sp³-hybridized carbons (Fsp3) is 0.600. The molecule has 11 N–H and O–H groups in total. The largest absolute Gasteiger partial charge is 0.480 e. The van der Waals surface area contributed by atoms with Crippen molar-refractivity contribution in [3.8, 4) is 0 Å². The van der Waals surface area contributed by atoms with Crippen LogP contribution in [-0.4, -0.2) is 114 Å². The lowest BCUT2D eigenvalue weighted by atomic mass is 10.2. The molecule has 0 aromatic rings. The highest BCUT2D eigenvalue weighted by Crippen LogP contribution is 1.90. The van der Waals surface area contributed by atoms with Crippen molar-refractivity contribution < 1.29 is 49.2 Å². The van der Waals surface area contributed by atoms with Crippen molar-refractivity contribution in [2.24, 2.45) is 5.73 Å². The zero-order valence-electron chi connectivity index (χ0n) is 16.3. The molecule has 0 aromatic carbocycles. The number of aliphatic hydroxyl groups is 3. The van der Waals surface area contributed by atoms with Crippen LogP contribution >= 0.6 is 0 Å². The molecule has 0 unspecified atom stereocenters. The Morgan fingerprint density at radius 3 is 1.52 bits per heavy atom. The Balaban J connectivity index is 4.69. The van der Waals surface area contributed by atoms with Crippen LogP contribution in [0.3, 0.4) is 0 Å². The molecule has 16 heteroatoms. The van der Waals surface area contributed by atoms with Gasteiger partial charge in [0.15, 0.2) is 0 Å². The third-order valence-corrected chi connectivity index (χ3v) is 3.51. The molecule has 0 fully saturated rings. The van der Waals surface area contributed by atoms with E-state index in [1.807, 2.05) is 10.6 Å². The summed E-state index contributed by atoms with van der Waals surface area (Å²) in [4.78, 5) is 69.1. The highest BCUT2D eigenvalue weighted by Gasteiger charge is 2.26. The first-order valence-corrected chi connectivity index (χ1v) is 8.78. The number of carbonyl (C=O) groups is 6. The van der Waals surface area contributed by atoms with Crippen molar-refractivity contribution in [2.75, 3.05) is 39.5 Å². The molecule has 0 aliphatic heterocycles. The molecule has 0 aliphatic rings. The normalized spacial score (nSPS) is 13.2. The van der Waals surface area contributed by atoms with E-state index < -0.39 is 93.1 Å². The highest BCUT2D eigenvalue weighted by atomic mass is 16.4. The van der Waals surface area contributed by atoms with Crippen molar-refractivity contribution >= 4 is 35.5 Å². The van der Waals surface area contributed by atoms with E-state index in [1.165, 1.54) is 0 Å². The fourth-order valence-electron chi connectivity index (χ4n) is 1.93. The molecule has 0 spiro atoms. The Morgan fingerprint density at radius 1 is 0.645 bits per heavy atom. The molecule has 0 aliphatic carbocycles. The molecule has 0 saturated carbocycles. The Labute approximate surface area is 175 Å². The quantitative estimate of drug-likeness (QED) is 0.119. The van der Waals surface area contributed by atoms with Crippen LogP contribution in [0.4, 0.5) is 0 Å². The van der Waals surface area contributed by atoms with Crippen LogP contribution < -0.4 is 32.3 Å². The number of aliphatic carboxylic acids is 1. The highest BCUT2D eigenvalue weighted by molar-refractivity contribution is 5.94. The molecular formula is C15H26N6O10. The van der Waals surface area contributed by atoms with Gasteiger partial charge >= 0.3 is 5.97 Å². The molecule has 176 valence electrons. The average Bonchev–Trinajstić information content (AvgIpc) is 2.75. The number of nitrogens with one attached hydrogen (secondary N) is 5. The van der Waals surface area contributed by atoms with E-state index in [0.717, 1.165) is 0 Å². The maximum Gasteiger partial charge on any atom is 0.322 e. The van der Waals surface area contributed by atoms with E-state index in [4.69, 9.17) is 21.1 Å². The van der Waals surface area contributed by atoms with Gasteiger partial charge in [-0.25, -0.2) is 0 Å². The summed E-state index contributed by atoms with van der Waals surface area (Å²) < 4.78 is 0. The zero-order valence-corrected chi connectivity index (χ0v) is 16.3. The van der Waals surface area contributed by atoms with E-state index in [0.29, 0.717) is 0 Å². The monoisotopic (exact) mass is 450 g/mol. The first-order valence-electron chi connectivity index (χ1n) is 8.78. The van der Waals surface area contributed by atoms with Crippen LogP contribution in [0.1, 0.15) is 0 Å². The van der Waals surface area contributed by atoms with Gasteiger partial charge < -0.3 is 52.7 Å². The number of hydrogen-bond acceptors (Lipinski definition) is 10. The fourth-order valence-corrected chi connectivity index (χ4v) is 1.93. The number of nitrogens with two attached hydrogens (primary N) is 1. The first-order chi connectivity index (χ1) is 14.6. The lowest BCUT2D eigenvalue weighted by Crippen LogP contribution is -2.57. The standard InChI is InChI=1S/C15H26N6O10/c16-1-10(25)19-9(6-24)15(31)21-8(5-23)14(30)17-2-11(26)20-7(4-22)13(29)18-3-12(27)28/h7-9,22-24H,1-6,16H2,(H,17,30)(H,18,29)(H,19,25)(H,20,26)(H,21,31)(H,27,28)/t7-,8-,9-/m0/s1. The topological polar surface area (TPSA) is 270 Å². The second-order valence-electron chi connectivity index (χ2n) is 5.88. The summed E-state index contributed by atoms with van der Waals surface area (Å²) in [5.41, 5.74) is 5.08. The molecular weight excluding hydrogens is 424 g/mol. The summed E-state index contributed by atoms with van der Waals surface area (Å²) in [6.45, 7) is -4.46. The van der Waals surface area contributed by atoms with E-state index in [2.05, 4.69) is 16.0 Å². The summed E-state index contributed by atoms with van der Waals surface area (Å²) in [5.74, 6) is -6.01. The molecule has 0 heterocycles. The van der Waals surface area contributed by atoms with Crippen molar-refractivity contribution in [1.82, 2.24) is 26.6 Å². The summed E-state index contributed by atoms with van der Waals surface area (Å²) in [6.07, 6.45) is 0. The van der Waals surface area contributed by atoms with Crippen molar-refractivity contribution in [1.29, 1.82) is 0 Å². The number of carboxylic acids is 1. The summed E-state index contributed by atoms with van der Waals surface area (Å²) in [6, 6.07) is -4.46. The number of hydrogen-bond donors (Lipinski definition) is 10. The molecule has 0 radical (unpaired) electrons. The van der Waals surface area contributed by atoms with Gasteiger partial charge in [0, 0.05) is 0 Å². The summed E-state index contributed by atoms with van der Waals surface area (Å²) in [5, 5.41) is 46.2. The number of amides is 5. The second kappa shape index (κ2) is 14.6. The van der Waals surface area contributed by atoms with Crippen LogP contribution in [0.25, 0.3) is 0 Å². The number of aliphatic hydroxyl groups excluding tert-OH is 3. The van der Waals surface area contributed by atoms with Gasteiger partial charge in [0.2, 0.25) is 29.5 Å². The maximum atomic E-state index is 12.0. The first kappa shape index (κ1) is 27.7. The molecule has 16 nitrogen and oxygen atoms in total. The van der Waals surface area contributed by atoms with Crippen LogP contribution in [0.5, 0.6) is 0 Å². The maximum absolute atomic E-state index is 12.0. The molecule has 0 aromatic heterocycles. The van der Waals surface area contributed by atoms with Crippen molar-refractivity contribution in [2.45, 2.75) is 18.1 Å². The van der Waals surface area contributed by atoms with E-state index in [-0.39, 0.29) is 0 Å². The minimum Gasteiger partial charge on any atom is -0.480 e. The van der Waals surface area contributed by atoms with E-state index in [9.17, 15) is 33.9 Å². The van der Waals surface area contributed by atoms with Crippen LogP contribution in [0, 0.1) is 0 Å². The SMILES string of the molecule is NCC(=O)N[C@@H](CO)C(=O)N[C@@H](CO)C(=O)NCC(=O)N[C@@H](CO)C(=O)NCC(=O)O. The van der Waals surface area contributed by atoms with Gasteiger partial charge in [-0.1, -0.05) is 0 Å². The third-order valence-electron chi connectivity index (χ3n) is 3.51. The molecule has 0 rings (SSSR count). The Kier molecular flexibility index (Phi) is 13.0. The van der Waals surface area contributed by atoms with Gasteiger partial charge in [-0.05, 0) is 0 Å². The number of carbonyl (C=O) groups excluding carboxylic acids is 5.